The van der Waals surface area contributed by atoms with E-state index >= 15 is 0 Å². The summed E-state index contributed by atoms with van der Waals surface area (Å²) in [6.45, 7) is 0. The van der Waals surface area contributed by atoms with E-state index in [0.29, 0.717) is 15.0 Å². The van der Waals surface area contributed by atoms with Crippen LogP contribution in [-0.4, -0.2) is 22.1 Å². The molecule has 0 heterocycles. The number of hydrogen-bond acceptors (Lipinski definition) is 1. The summed E-state index contributed by atoms with van der Waals surface area (Å²) in [5.74, 6) is 0.935. The number of benzene rings is 2. The van der Waals surface area contributed by atoms with Crippen LogP contribution in [0, 0.1) is 0 Å². The molecule has 2 rings (SSSR count). The molecule has 2 heteroatoms. The summed E-state index contributed by atoms with van der Waals surface area (Å²) in [6.07, 6.45) is 0. The molecule has 0 unspecified atom stereocenters. The second-order valence-corrected chi connectivity index (χ2v) is 5.50. The molecule has 0 fully saturated rings. The Balaban J connectivity index is 2.17. The van der Waals surface area contributed by atoms with Crippen LogP contribution in [0.2, 0.25) is 0 Å². The molecule has 76 valence electrons. The third-order valence-electron chi connectivity index (χ3n) is 2.02. The van der Waals surface area contributed by atoms with Crippen molar-refractivity contribution in [2.24, 2.45) is 0 Å². The topological polar surface area (TPSA) is 9.23 Å². The summed E-state index contributed by atoms with van der Waals surface area (Å²) in [4.78, 5) is 0. The zero-order chi connectivity index (χ0) is 10.5. The number of hydrogen-bond donors (Lipinski definition) is 0. The van der Waals surface area contributed by atoms with Crippen molar-refractivity contribution in [3.8, 4) is 5.75 Å². The van der Waals surface area contributed by atoms with Crippen LogP contribution >= 0.6 is 0 Å². The van der Waals surface area contributed by atoms with Crippen LogP contribution < -0.4 is 13.7 Å². The number of ether oxygens (including phenoxy) is 1. The molecular weight excluding hydrogens is 251 g/mol. The van der Waals surface area contributed by atoms with Crippen molar-refractivity contribution in [1.82, 2.24) is 0 Å². The fourth-order valence-electron chi connectivity index (χ4n) is 1.29. The van der Waals surface area contributed by atoms with Crippen LogP contribution in [0.1, 0.15) is 0 Å². The van der Waals surface area contributed by atoms with Gasteiger partial charge in [-0.2, -0.15) is 0 Å². The molecule has 0 N–H and O–H groups in total. The fraction of sp³-hybridized carbons (Fsp3) is 0.0769. The standard InChI is InChI=1S/C13H12OSe/c1-14-11-6-5-9-13(10-11)15-12-7-3-2-4-8-12/h2-10H,1H3. The molecule has 2 aromatic carbocycles. The van der Waals surface area contributed by atoms with E-state index in [1.165, 1.54) is 8.92 Å². The molecule has 0 atom stereocenters. The first-order chi connectivity index (χ1) is 7.38. The Hall–Kier alpha value is -1.24. The molecule has 0 aliphatic rings. The Bertz CT molecular complexity index is 426. The van der Waals surface area contributed by atoms with E-state index < -0.39 is 0 Å². The minimum atomic E-state index is 0.371. The van der Waals surface area contributed by atoms with Gasteiger partial charge in [0.2, 0.25) is 0 Å². The summed E-state index contributed by atoms with van der Waals surface area (Å²) in [5, 5.41) is 0. The van der Waals surface area contributed by atoms with E-state index in [9.17, 15) is 0 Å². The predicted octanol–water partition coefficient (Wildman–Crippen LogP) is 1.35. The Labute approximate surface area is 96.2 Å². The summed E-state index contributed by atoms with van der Waals surface area (Å²) < 4.78 is 7.93. The van der Waals surface area contributed by atoms with Gasteiger partial charge in [-0.1, -0.05) is 0 Å². The third kappa shape index (κ3) is 2.85. The summed E-state index contributed by atoms with van der Waals surface area (Å²) in [6, 6.07) is 18.8. The Kier molecular flexibility index (Phi) is 3.44. The zero-order valence-corrected chi connectivity index (χ0v) is 10.2. The van der Waals surface area contributed by atoms with E-state index in [0.717, 1.165) is 5.75 Å². The van der Waals surface area contributed by atoms with Crippen molar-refractivity contribution in [2.45, 2.75) is 0 Å². The van der Waals surface area contributed by atoms with Gasteiger partial charge in [0.25, 0.3) is 0 Å². The molecular formula is C13H12OSe. The first kappa shape index (κ1) is 10.3. The molecule has 1 nitrogen and oxygen atoms in total. The van der Waals surface area contributed by atoms with Gasteiger partial charge in [0, 0.05) is 0 Å². The van der Waals surface area contributed by atoms with Crippen LogP contribution in [0.5, 0.6) is 5.75 Å². The van der Waals surface area contributed by atoms with Crippen LogP contribution in [0.25, 0.3) is 0 Å². The van der Waals surface area contributed by atoms with Gasteiger partial charge in [-0.3, -0.25) is 0 Å². The molecule has 0 aliphatic carbocycles. The predicted molar refractivity (Wildman–Crippen MR) is 64.5 cm³/mol. The molecule has 0 aliphatic heterocycles. The van der Waals surface area contributed by atoms with Gasteiger partial charge in [-0.15, -0.1) is 0 Å². The van der Waals surface area contributed by atoms with Gasteiger partial charge in [-0.25, -0.2) is 0 Å². The van der Waals surface area contributed by atoms with Crippen molar-refractivity contribution in [3.05, 3.63) is 54.6 Å². The summed E-state index contributed by atoms with van der Waals surface area (Å²) >= 11 is 0.371. The average molecular weight is 263 g/mol. The molecule has 2 aromatic rings. The fourth-order valence-corrected chi connectivity index (χ4v) is 3.15. The molecule has 0 amide bonds. The van der Waals surface area contributed by atoms with Crippen molar-refractivity contribution in [1.29, 1.82) is 0 Å². The van der Waals surface area contributed by atoms with Gasteiger partial charge >= 0.3 is 96.1 Å². The van der Waals surface area contributed by atoms with Gasteiger partial charge in [0.15, 0.2) is 0 Å². The molecule has 0 bridgehead atoms. The minimum absolute atomic E-state index is 0.371. The van der Waals surface area contributed by atoms with E-state index in [4.69, 9.17) is 4.74 Å². The molecule has 0 spiro atoms. The van der Waals surface area contributed by atoms with Crippen LogP contribution in [0.15, 0.2) is 54.6 Å². The Morgan fingerprint density at radius 1 is 0.867 bits per heavy atom. The van der Waals surface area contributed by atoms with Gasteiger partial charge in [0.05, 0.1) is 0 Å². The number of rotatable bonds is 3. The van der Waals surface area contributed by atoms with E-state index in [2.05, 4.69) is 36.4 Å². The molecule has 0 saturated carbocycles. The van der Waals surface area contributed by atoms with Crippen LogP contribution in [-0.2, 0) is 0 Å². The normalized spacial score (nSPS) is 9.93. The van der Waals surface area contributed by atoms with E-state index in [1.54, 1.807) is 7.11 Å². The monoisotopic (exact) mass is 264 g/mol. The maximum absolute atomic E-state index is 5.20. The summed E-state index contributed by atoms with van der Waals surface area (Å²) in [5.41, 5.74) is 0. The van der Waals surface area contributed by atoms with Crippen molar-refractivity contribution in [2.75, 3.05) is 7.11 Å². The Morgan fingerprint density at radius 2 is 1.60 bits per heavy atom. The quantitative estimate of drug-likeness (QED) is 0.760. The third-order valence-corrected chi connectivity index (χ3v) is 4.11. The van der Waals surface area contributed by atoms with Crippen molar-refractivity contribution < 1.29 is 4.74 Å². The van der Waals surface area contributed by atoms with E-state index in [-0.39, 0.29) is 0 Å². The maximum atomic E-state index is 5.20. The van der Waals surface area contributed by atoms with Crippen molar-refractivity contribution >= 4 is 23.9 Å². The summed E-state index contributed by atoms with van der Waals surface area (Å²) in [7, 11) is 1.70. The Morgan fingerprint density at radius 3 is 2.33 bits per heavy atom. The van der Waals surface area contributed by atoms with Crippen LogP contribution in [0.3, 0.4) is 0 Å². The first-order valence-corrected chi connectivity index (χ1v) is 6.47. The molecule has 0 aromatic heterocycles. The molecule has 0 radical (unpaired) electrons. The van der Waals surface area contributed by atoms with Gasteiger partial charge in [-0.05, 0) is 0 Å². The van der Waals surface area contributed by atoms with Crippen molar-refractivity contribution in [3.63, 3.8) is 0 Å². The second kappa shape index (κ2) is 5.01. The van der Waals surface area contributed by atoms with Gasteiger partial charge < -0.3 is 0 Å². The first-order valence-electron chi connectivity index (χ1n) is 4.75. The average Bonchev–Trinajstić information content (AvgIpc) is 2.31. The molecule has 0 saturated heterocycles. The SMILES string of the molecule is COc1cccc([Se]c2ccccc2)c1. The number of methoxy groups -OCH3 is 1. The van der Waals surface area contributed by atoms with Crippen LogP contribution in [0.4, 0.5) is 0 Å². The molecule has 15 heavy (non-hydrogen) atoms. The second-order valence-electron chi connectivity index (χ2n) is 3.09. The van der Waals surface area contributed by atoms with E-state index in [1.807, 2.05) is 18.2 Å². The van der Waals surface area contributed by atoms with Gasteiger partial charge in [0.1, 0.15) is 0 Å². The zero-order valence-electron chi connectivity index (χ0n) is 8.51.